The van der Waals surface area contributed by atoms with Gasteiger partial charge in [0.25, 0.3) is 0 Å². The Kier molecular flexibility index (Phi) is 4.00. The van der Waals surface area contributed by atoms with E-state index in [0.717, 1.165) is 49.0 Å². The minimum atomic E-state index is 0.0631. The Morgan fingerprint density at radius 3 is 2.41 bits per heavy atom. The topological polar surface area (TPSA) is 50.1 Å². The molecular weight excluding hydrogens is 336 g/mol. The zero-order valence-electron chi connectivity index (χ0n) is 16.7. The summed E-state index contributed by atoms with van der Waals surface area (Å²) in [5.74, 6) is 3.82. The molecule has 0 radical (unpaired) electrons. The van der Waals surface area contributed by atoms with Gasteiger partial charge < -0.3 is 9.47 Å². The van der Waals surface area contributed by atoms with Crippen LogP contribution in [0.3, 0.4) is 0 Å². The van der Waals surface area contributed by atoms with E-state index in [-0.39, 0.29) is 5.41 Å². The number of fused-ring (bicyclic) bond motifs is 1. The highest BCUT2D eigenvalue weighted by Gasteiger charge is 2.41. The predicted molar refractivity (Wildman–Crippen MR) is 106 cm³/mol. The molecule has 1 aliphatic carbocycles. The molecule has 5 rings (SSSR count). The molecule has 27 heavy (non-hydrogen) atoms. The quantitative estimate of drug-likeness (QED) is 0.833. The maximum absolute atomic E-state index is 4.62. The van der Waals surface area contributed by atoms with Crippen LogP contribution in [0.25, 0.3) is 0 Å². The van der Waals surface area contributed by atoms with Gasteiger partial charge in [-0.15, -0.1) is 0 Å². The lowest BCUT2D eigenvalue weighted by atomic mass is 9.92. The molecule has 2 aliphatic heterocycles. The monoisotopic (exact) mass is 366 g/mol. The van der Waals surface area contributed by atoms with E-state index in [1.54, 1.807) is 6.33 Å². The maximum Gasteiger partial charge on any atom is 0.132 e. The number of likely N-dealkylation sites (tertiary alicyclic amines) is 1. The van der Waals surface area contributed by atoms with Crippen molar-refractivity contribution in [3.63, 3.8) is 0 Å². The van der Waals surface area contributed by atoms with Gasteiger partial charge in [-0.3, -0.25) is 4.90 Å². The van der Waals surface area contributed by atoms with Crippen molar-refractivity contribution < 1.29 is 0 Å². The summed E-state index contributed by atoms with van der Waals surface area (Å²) in [5.41, 5.74) is 1.19. The second-order valence-corrected chi connectivity index (χ2v) is 9.61. The minimum absolute atomic E-state index is 0.0631. The van der Waals surface area contributed by atoms with Crippen molar-refractivity contribution >= 4 is 5.82 Å². The molecule has 2 unspecified atom stereocenters. The Hall–Kier alpha value is -1.95. The van der Waals surface area contributed by atoms with Gasteiger partial charge in [0.2, 0.25) is 0 Å². The summed E-state index contributed by atoms with van der Waals surface area (Å²) < 4.78 is 2.40. The Balaban J connectivity index is 1.23. The average molecular weight is 367 g/mol. The lowest BCUT2D eigenvalue weighted by Crippen LogP contribution is -2.30. The van der Waals surface area contributed by atoms with Gasteiger partial charge in [-0.2, -0.15) is 0 Å². The van der Waals surface area contributed by atoms with Crippen molar-refractivity contribution in [2.45, 2.75) is 51.6 Å². The molecule has 6 heteroatoms. The zero-order chi connectivity index (χ0) is 18.6. The summed E-state index contributed by atoms with van der Waals surface area (Å²) in [6.45, 7) is 12.2. The van der Waals surface area contributed by atoms with Crippen LogP contribution in [-0.2, 0) is 12.0 Å². The summed E-state index contributed by atoms with van der Waals surface area (Å²) in [5, 5.41) is 0. The van der Waals surface area contributed by atoms with Gasteiger partial charge >= 0.3 is 0 Å². The van der Waals surface area contributed by atoms with Crippen molar-refractivity contribution in [3.8, 4) is 0 Å². The number of hydrogen-bond acceptors (Lipinski definition) is 5. The minimum Gasteiger partial charge on any atom is -0.356 e. The standard InChI is InChI=1S/C21H30N6/c1-21(2,3)18-8-19(24-14-23-18)26-11-15-9-25(10-16(15)12-26)13-20-22-6-7-27(20)17-4-5-17/h6-8,14-17H,4-5,9-13H2,1-3H3. The van der Waals surface area contributed by atoms with E-state index in [9.17, 15) is 0 Å². The second-order valence-electron chi connectivity index (χ2n) is 9.61. The first-order valence-corrected chi connectivity index (χ1v) is 10.3. The first kappa shape index (κ1) is 17.2. The molecule has 0 aromatic carbocycles. The second kappa shape index (κ2) is 6.30. The molecule has 0 bridgehead atoms. The Bertz CT molecular complexity index is 804. The van der Waals surface area contributed by atoms with Crippen LogP contribution in [0, 0.1) is 11.8 Å². The van der Waals surface area contributed by atoms with Gasteiger partial charge in [-0.1, -0.05) is 20.8 Å². The highest BCUT2D eigenvalue weighted by atomic mass is 15.3. The molecular formula is C21H30N6. The van der Waals surface area contributed by atoms with Gasteiger partial charge in [0.05, 0.1) is 12.2 Å². The van der Waals surface area contributed by atoms with Gasteiger partial charge in [0, 0.05) is 56.1 Å². The number of aromatic nitrogens is 4. The molecule has 0 spiro atoms. The van der Waals surface area contributed by atoms with E-state index in [1.165, 1.54) is 31.8 Å². The van der Waals surface area contributed by atoms with Gasteiger partial charge in [0.1, 0.15) is 18.0 Å². The lowest BCUT2D eigenvalue weighted by molar-refractivity contribution is 0.295. The van der Waals surface area contributed by atoms with Crippen LogP contribution in [0.5, 0.6) is 0 Å². The van der Waals surface area contributed by atoms with Crippen molar-refractivity contribution in [2.75, 3.05) is 31.1 Å². The molecule has 0 amide bonds. The van der Waals surface area contributed by atoms with Crippen LogP contribution in [-0.4, -0.2) is 50.6 Å². The first-order chi connectivity index (χ1) is 13.0. The lowest BCUT2D eigenvalue weighted by Gasteiger charge is -2.24. The number of hydrogen-bond donors (Lipinski definition) is 0. The van der Waals surface area contributed by atoms with Crippen molar-refractivity contribution in [3.05, 3.63) is 36.3 Å². The van der Waals surface area contributed by atoms with Crippen LogP contribution in [0.1, 0.15) is 51.2 Å². The molecule has 1 saturated carbocycles. The van der Waals surface area contributed by atoms with E-state index in [0.29, 0.717) is 0 Å². The Morgan fingerprint density at radius 2 is 1.74 bits per heavy atom. The summed E-state index contributed by atoms with van der Waals surface area (Å²) in [6.07, 6.45) is 8.49. The molecule has 2 atom stereocenters. The maximum atomic E-state index is 4.62. The van der Waals surface area contributed by atoms with Crippen molar-refractivity contribution in [1.82, 2.24) is 24.4 Å². The summed E-state index contributed by atoms with van der Waals surface area (Å²) in [7, 11) is 0. The van der Waals surface area contributed by atoms with E-state index >= 15 is 0 Å². The summed E-state index contributed by atoms with van der Waals surface area (Å²) in [6, 6.07) is 2.90. The van der Waals surface area contributed by atoms with Gasteiger partial charge in [-0.25, -0.2) is 15.0 Å². The molecule has 0 N–H and O–H groups in total. The largest absolute Gasteiger partial charge is 0.356 e. The third-order valence-corrected chi connectivity index (χ3v) is 6.36. The molecule has 4 heterocycles. The van der Waals surface area contributed by atoms with Crippen molar-refractivity contribution in [2.24, 2.45) is 11.8 Å². The fourth-order valence-electron chi connectivity index (χ4n) is 4.69. The smallest absolute Gasteiger partial charge is 0.132 e. The van der Waals surface area contributed by atoms with Crippen LogP contribution < -0.4 is 4.90 Å². The predicted octanol–water partition coefficient (Wildman–Crippen LogP) is 2.87. The third kappa shape index (κ3) is 3.35. The highest BCUT2D eigenvalue weighted by molar-refractivity contribution is 5.42. The fourth-order valence-corrected chi connectivity index (χ4v) is 4.69. The normalized spacial score (nSPS) is 26.0. The van der Waals surface area contributed by atoms with Crippen LogP contribution in [0.2, 0.25) is 0 Å². The van der Waals surface area contributed by atoms with E-state index in [4.69, 9.17) is 0 Å². The third-order valence-electron chi connectivity index (χ3n) is 6.36. The van der Waals surface area contributed by atoms with Crippen LogP contribution in [0.15, 0.2) is 24.8 Å². The van der Waals surface area contributed by atoms with E-state index in [2.05, 4.69) is 62.4 Å². The SMILES string of the molecule is CC(C)(C)c1cc(N2CC3CN(Cc4nccn4C4CC4)CC3C2)ncn1. The van der Waals surface area contributed by atoms with Crippen molar-refractivity contribution in [1.29, 1.82) is 0 Å². The molecule has 6 nitrogen and oxygen atoms in total. The van der Waals surface area contributed by atoms with Gasteiger partial charge in [-0.05, 0) is 24.7 Å². The molecule has 2 aromatic rings. The number of rotatable bonds is 4. The molecule has 144 valence electrons. The first-order valence-electron chi connectivity index (χ1n) is 10.3. The Labute approximate surface area is 161 Å². The fraction of sp³-hybridized carbons (Fsp3) is 0.667. The molecule has 2 saturated heterocycles. The van der Waals surface area contributed by atoms with Crippen LogP contribution in [0.4, 0.5) is 5.82 Å². The highest BCUT2D eigenvalue weighted by Crippen LogP contribution is 2.37. The van der Waals surface area contributed by atoms with Gasteiger partial charge in [0.15, 0.2) is 0 Å². The molecule has 3 aliphatic rings. The average Bonchev–Trinajstić information content (AvgIpc) is 3.06. The number of imidazole rings is 1. The summed E-state index contributed by atoms with van der Waals surface area (Å²) >= 11 is 0. The number of anilines is 1. The van der Waals surface area contributed by atoms with Crippen LogP contribution >= 0.6 is 0 Å². The summed E-state index contributed by atoms with van der Waals surface area (Å²) in [4.78, 5) is 18.7. The molecule has 3 fully saturated rings. The molecule has 2 aromatic heterocycles. The van der Waals surface area contributed by atoms with E-state index in [1.807, 2.05) is 6.20 Å². The Morgan fingerprint density at radius 1 is 1.00 bits per heavy atom. The zero-order valence-corrected chi connectivity index (χ0v) is 16.7. The van der Waals surface area contributed by atoms with E-state index < -0.39 is 0 Å². The number of nitrogens with zero attached hydrogens (tertiary/aromatic N) is 6.